The van der Waals surface area contributed by atoms with Crippen molar-refractivity contribution in [3.8, 4) is 11.1 Å². The first-order valence-corrected chi connectivity index (χ1v) is 9.19. The number of benzene rings is 2. The maximum atomic E-state index is 3.75. The Morgan fingerprint density at radius 1 is 0.591 bits per heavy atom. The van der Waals surface area contributed by atoms with Gasteiger partial charge in [0.1, 0.15) is 0 Å². The molecular weight excluding hydrogens is 400 g/mol. The van der Waals surface area contributed by atoms with Gasteiger partial charge in [-0.1, -0.05) is 97.7 Å². The molecule has 0 aliphatic heterocycles. The van der Waals surface area contributed by atoms with E-state index in [0.717, 1.165) is 8.95 Å². The summed E-state index contributed by atoms with van der Waals surface area (Å²) in [6.07, 6.45) is 0. The van der Waals surface area contributed by atoms with Crippen LogP contribution in [0.2, 0.25) is 0 Å². The molecule has 0 fully saturated rings. The Bertz CT molecular complexity index is 624. The minimum atomic E-state index is 0.161. The van der Waals surface area contributed by atoms with Crippen molar-refractivity contribution in [2.45, 2.75) is 52.4 Å². The molecule has 0 amide bonds. The number of halogens is 2. The van der Waals surface area contributed by atoms with E-state index in [0.29, 0.717) is 0 Å². The summed E-state index contributed by atoms with van der Waals surface area (Å²) in [7, 11) is 0. The molecule has 0 heterocycles. The molecule has 2 rings (SSSR count). The third-order valence-corrected chi connectivity index (χ3v) is 5.27. The molecule has 0 radical (unpaired) electrons. The van der Waals surface area contributed by atoms with Crippen LogP contribution in [-0.4, -0.2) is 0 Å². The van der Waals surface area contributed by atoms with Crippen LogP contribution >= 0.6 is 31.9 Å². The Hall–Kier alpha value is -0.600. The smallest absolute Gasteiger partial charge is 0.0257 e. The lowest BCUT2D eigenvalue weighted by Crippen LogP contribution is -2.11. The highest BCUT2D eigenvalue weighted by Crippen LogP contribution is 2.38. The van der Waals surface area contributed by atoms with E-state index in [1.807, 2.05) is 0 Å². The molecule has 0 spiro atoms. The molecule has 0 atom stereocenters. The van der Waals surface area contributed by atoms with Crippen LogP contribution in [0.4, 0.5) is 0 Å². The molecule has 0 saturated carbocycles. The van der Waals surface area contributed by atoms with Crippen molar-refractivity contribution < 1.29 is 0 Å². The van der Waals surface area contributed by atoms with Crippen molar-refractivity contribution in [1.82, 2.24) is 0 Å². The van der Waals surface area contributed by atoms with Gasteiger partial charge >= 0.3 is 0 Å². The number of hydrogen-bond donors (Lipinski definition) is 0. The summed E-state index contributed by atoms with van der Waals surface area (Å²) in [6, 6.07) is 13.3. The first-order valence-electron chi connectivity index (χ1n) is 7.60. The average Bonchev–Trinajstić information content (AvgIpc) is 2.37. The molecule has 2 aromatic rings. The number of hydrogen-bond acceptors (Lipinski definition) is 0. The maximum absolute atomic E-state index is 3.75. The fourth-order valence-corrected chi connectivity index (χ4v) is 3.58. The lowest BCUT2D eigenvalue weighted by Gasteiger charge is -2.22. The molecule has 0 saturated heterocycles. The van der Waals surface area contributed by atoms with Gasteiger partial charge in [0.15, 0.2) is 0 Å². The standard InChI is InChI=1S/C20H24Br2/c1-19(2,3)13-7-9-15(17(21)11-13)16-10-8-14(12-18(16)22)20(4,5)6/h7-12H,1-6H3. The van der Waals surface area contributed by atoms with E-state index in [1.165, 1.54) is 22.3 Å². The molecule has 22 heavy (non-hydrogen) atoms. The van der Waals surface area contributed by atoms with Crippen molar-refractivity contribution in [3.63, 3.8) is 0 Å². The summed E-state index contributed by atoms with van der Waals surface area (Å²) in [5.74, 6) is 0. The van der Waals surface area contributed by atoms with Crippen molar-refractivity contribution in [3.05, 3.63) is 56.5 Å². The molecule has 0 aliphatic rings. The van der Waals surface area contributed by atoms with Gasteiger partial charge in [0.2, 0.25) is 0 Å². The van der Waals surface area contributed by atoms with Crippen molar-refractivity contribution in [2.24, 2.45) is 0 Å². The molecule has 118 valence electrons. The zero-order chi connectivity index (χ0) is 16.7. The second-order valence-corrected chi connectivity index (χ2v) is 9.60. The van der Waals surface area contributed by atoms with Crippen LogP contribution in [0.25, 0.3) is 11.1 Å². The minimum absolute atomic E-state index is 0.161. The zero-order valence-corrected chi connectivity index (χ0v) is 17.4. The summed E-state index contributed by atoms with van der Waals surface area (Å²) in [4.78, 5) is 0. The van der Waals surface area contributed by atoms with Crippen LogP contribution in [-0.2, 0) is 10.8 Å². The largest absolute Gasteiger partial charge is 0.0578 e. The summed E-state index contributed by atoms with van der Waals surface area (Å²) < 4.78 is 2.29. The van der Waals surface area contributed by atoms with Gasteiger partial charge in [-0.25, -0.2) is 0 Å². The van der Waals surface area contributed by atoms with E-state index in [2.05, 4.69) is 110 Å². The quantitative estimate of drug-likeness (QED) is 0.446. The molecular formula is C20H24Br2. The summed E-state index contributed by atoms with van der Waals surface area (Å²) in [5.41, 5.74) is 5.44. The van der Waals surface area contributed by atoms with Crippen molar-refractivity contribution in [2.75, 3.05) is 0 Å². The Kier molecular flexibility index (Phi) is 4.94. The summed E-state index contributed by atoms with van der Waals surface area (Å²) in [6.45, 7) is 13.4. The zero-order valence-electron chi connectivity index (χ0n) is 14.2. The van der Waals surface area contributed by atoms with Gasteiger partial charge in [-0.2, -0.15) is 0 Å². The van der Waals surface area contributed by atoms with Crippen molar-refractivity contribution in [1.29, 1.82) is 0 Å². The summed E-state index contributed by atoms with van der Waals surface area (Å²) >= 11 is 7.50. The highest BCUT2D eigenvalue weighted by Gasteiger charge is 2.18. The van der Waals surface area contributed by atoms with Gasteiger partial charge in [0, 0.05) is 8.95 Å². The molecule has 2 aromatic carbocycles. The second-order valence-electron chi connectivity index (χ2n) is 7.89. The fourth-order valence-electron chi connectivity index (χ4n) is 2.40. The normalized spacial score (nSPS) is 12.5. The van der Waals surface area contributed by atoms with E-state index in [1.54, 1.807) is 0 Å². The molecule has 0 N–H and O–H groups in total. The van der Waals surface area contributed by atoms with Gasteiger partial charge in [0.05, 0.1) is 0 Å². The third-order valence-electron chi connectivity index (χ3n) is 3.96. The molecule has 0 aromatic heterocycles. The van der Waals surface area contributed by atoms with Gasteiger partial charge in [-0.15, -0.1) is 0 Å². The van der Waals surface area contributed by atoms with E-state index in [-0.39, 0.29) is 10.8 Å². The van der Waals surface area contributed by atoms with Crippen LogP contribution in [0.15, 0.2) is 45.3 Å². The third kappa shape index (κ3) is 3.83. The predicted molar refractivity (Wildman–Crippen MR) is 105 cm³/mol. The molecule has 2 heteroatoms. The highest BCUT2D eigenvalue weighted by atomic mass is 79.9. The van der Waals surface area contributed by atoms with Gasteiger partial charge in [-0.3, -0.25) is 0 Å². The van der Waals surface area contributed by atoms with E-state index < -0.39 is 0 Å². The Labute approximate surface area is 151 Å². The van der Waals surface area contributed by atoms with Crippen LogP contribution in [0, 0.1) is 0 Å². The average molecular weight is 424 g/mol. The highest BCUT2D eigenvalue weighted by molar-refractivity contribution is 9.11. The predicted octanol–water partition coefficient (Wildman–Crippen LogP) is 7.47. The Morgan fingerprint density at radius 3 is 1.14 bits per heavy atom. The fraction of sp³-hybridized carbons (Fsp3) is 0.400. The van der Waals surface area contributed by atoms with Crippen molar-refractivity contribution >= 4 is 31.9 Å². The SMILES string of the molecule is CC(C)(C)c1ccc(-c2ccc(C(C)(C)C)cc2Br)c(Br)c1. The first-order chi connectivity index (χ1) is 10.00. The lowest BCUT2D eigenvalue weighted by molar-refractivity contribution is 0.589. The Morgan fingerprint density at radius 2 is 0.909 bits per heavy atom. The van der Waals surface area contributed by atoms with Crippen LogP contribution in [0.3, 0.4) is 0 Å². The van der Waals surface area contributed by atoms with E-state index >= 15 is 0 Å². The Balaban J connectivity index is 2.49. The first kappa shape index (κ1) is 17.7. The molecule has 0 nitrogen and oxygen atoms in total. The summed E-state index contributed by atoms with van der Waals surface area (Å²) in [5, 5.41) is 0. The van der Waals surface area contributed by atoms with Crippen LogP contribution in [0.5, 0.6) is 0 Å². The monoisotopic (exact) mass is 422 g/mol. The number of rotatable bonds is 1. The molecule has 0 unspecified atom stereocenters. The van der Waals surface area contributed by atoms with Crippen LogP contribution in [0.1, 0.15) is 52.7 Å². The van der Waals surface area contributed by atoms with Gasteiger partial charge < -0.3 is 0 Å². The minimum Gasteiger partial charge on any atom is -0.0578 e. The van der Waals surface area contributed by atoms with Crippen LogP contribution < -0.4 is 0 Å². The molecule has 0 bridgehead atoms. The second kappa shape index (κ2) is 6.13. The van der Waals surface area contributed by atoms with E-state index in [4.69, 9.17) is 0 Å². The van der Waals surface area contributed by atoms with Gasteiger partial charge in [-0.05, 0) is 45.2 Å². The topological polar surface area (TPSA) is 0 Å². The maximum Gasteiger partial charge on any atom is 0.0257 e. The van der Waals surface area contributed by atoms with Gasteiger partial charge in [0.25, 0.3) is 0 Å². The lowest BCUT2D eigenvalue weighted by atomic mass is 9.85. The molecule has 0 aliphatic carbocycles. The van der Waals surface area contributed by atoms with E-state index in [9.17, 15) is 0 Å².